The van der Waals surface area contributed by atoms with E-state index in [1.165, 1.54) is 5.56 Å². The minimum Gasteiger partial charge on any atom is -0.383 e. The van der Waals surface area contributed by atoms with Gasteiger partial charge in [0.15, 0.2) is 0 Å². The number of hydrogen-bond acceptors (Lipinski definition) is 4. The average molecular weight is 374 g/mol. The van der Waals surface area contributed by atoms with Crippen LogP contribution in [0.5, 0.6) is 0 Å². The first-order valence-corrected chi connectivity index (χ1v) is 9.37. The maximum atomic E-state index is 12.9. The molecule has 0 aliphatic carbocycles. The highest BCUT2D eigenvalue weighted by atomic mass is 16.2. The SMILES string of the molecule is Cc1ccnc(C[C@H](C)N(C)C(=O)c2ccc(-c3ccc(C)nc3N)cc2)c1. The highest BCUT2D eigenvalue weighted by Gasteiger charge is 2.18. The number of aromatic nitrogens is 2. The summed E-state index contributed by atoms with van der Waals surface area (Å²) in [6, 6.07) is 15.5. The Morgan fingerprint density at radius 1 is 1.11 bits per heavy atom. The number of anilines is 1. The largest absolute Gasteiger partial charge is 0.383 e. The molecular weight excluding hydrogens is 348 g/mol. The van der Waals surface area contributed by atoms with Gasteiger partial charge < -0.3 is 10.6 Å². The summed E-state index contributed by atoms with van der Waals surface area (Å²) in [5.41, 5.74) is 11.5. The van der Waals surface area contributed by atoms with Gasteiger partial charge >= 0.3 is 0 Å². The summed E-state index contributed by atoms with van der Waals surface area (Å²) in [4.78, 5) is 23.3. The monoisotopic (exact) mass is 374 g/mol. The predicted octanol–water partition coefficient (Wildman–Crippen LogP) is 4.05. The zero-order chi connectivity index (χ0) is 20.3. The summed E-state index contributed by atoms with van der Waals surface area (Å²) >= 11 is 0. The second-order valence-corrected chi connectivity index (χ2v) is 7.26. The smallest absolute Gasteiger partial charge is 0.253 e. The number of rotatable bonds is 5. The number of likely N-dealkylation sites (N-methyl/N-ethyl adjacent to an activating group) is 1. The summed E-state index contributed by atoms with van der Waals surface area (Å²) in [5, 5.41) is 0. The first-order valence-electron chi connectivity index (χ1n) is 9.37. The molecule has 3 rings (SSSR count). The fraction of sp³-hybridized carbons (Fsp3) is 0.261. The molecule has 0 aliphatic heterocycles. The van der Waals surface area contributed by atoms with E-state index < -0.39 is 0 Å². The van der Waals surface area contributed by atoms with E-state index in [0.29, 0.717) is 17.8 Å². The van der Waals surface area contributed by atoms with Gasteiger partial charge in [-0.25, -0.2) is 4.98 Å². The lowest BCUT2D eigenvalue weighted by atomic mass is 10.0. The van der Waals surface area contributed by atoms with E-state index in [-0.39, 0.29) is 11.9 Å². The van der Waals surface area contributed by atoms with E-state index in [1.54, 1.807) is 4.90 Å². The molecule has 0 fully saturated rings. The molecular formula is C23H26N4O. The molecule has 28 heavy (non-hydrogen) atoms. The van der Waals surface area contributed by atoms with Gasteiger partial charge in [-0.3, -0.25) is 9.78 Å². The van der Waals surface area contributed by atoms with Crippen LogP contribution in [-0.2, 0) is 6.42 Å². The number of benzene rings is 1. The molecule has 2 aromatic heterocycles. The number of hydrogen-bond donors (Lipinski definition) is 1. The number of carbonyl (C=O) groups is 1. The van der Waals surface area contributed by atoms with Gasteiger partial charge in [-0.1, -0.05) is 12.1 Å². The van der Waals surface area contributed by atoms with Crippen LogP contribution in [0.1, 0.15) is 34.2 Å². The molecule has 0 saturated heterocycles. The van der Waals surface area contributed by atoms with Crippen molar-refractivity contribution in [2.75, 3.05) is 12.8 Å². The standard InChI is InChI=1S/C23H26N4O/c1-15-11-12-25-20(13-15)14-17(3)27(4)23(28)19-8-6-18(7-9-19)21-10-5-16(2)26-22(21)24/h5-13,17H,14H2,1-4H3,(H2,24,26)/t17-/m0/s1. The van der Waals surface area contributed by atoms with Gasteiger partial charge in [0.1, 0.15) is 5.82 Å². The van der Waals surface area contributed by atoms with Crippen molar-refractivity contribution in [1.29, 1.82) is 0 Å². The molecule has 2 N–H and O–H groups in total. The normalized spacial score (nSPS) is 11.9. The number of nitrogens with two attached hydrogens (primary N) is 1. The van der Waals surface area contributed by atoms with E-state index in [9.17, 15) is 4.79 Å². The van der Waals surface area contributed by atoms with Crippen LogP contribution in [0.25, 0.3) is 11.1 Å². The highest BCUT2D eigenvalue weighted by molar-refractivity contribution is 5.95. The fourth-order valence-electron chi connectivity index (χ4n) is 3.17. The minimum atomic E-state index is -0.0123. The Bertz CT molecular complexity index is 982. The molecule has 0 bridgehead atoms. The topological polar surface area (TPSA) is 72.1 Å². The van der Waals surface area contributed by atoms with E-state index in [0.717, 1.165) is 22.5 Å². The molecule has 0 aliphatic rings. The quantitative estimate of drug-likeness (QED) is 0.731. The summed E-state index contributed by atoms with van der Waals surface area (Å²) in [6.07, 6.45) is 2.52. The van der Waals surface area contributed by atoms with Gasteiger partial charge in [0.25, 0.3) is 5.91 Å². The maximum Gasteiger partial charge on any atom is 0.253 e. The first-order chi connectivity index (χ1) is 13.3. The summed E-state index contributed by atoms with van der Waals surface area (Å²) < 4.78 is 0. The third-order valence-electron chi connectivity index (χ3n) is 4.96. The lowest BCUT2D eigenvalue weighted by Crippen LogP contribution is -2.36. The number of nitrogen functional groups attached to an aromatic ring is 1. The van der Waals surface area contributed by atoms with E-state index in [4.69, 9.17) is 5.73 Å². The molecule has 0 saturated carbocycles. The number of nitrogens with zero attached hydrogens (tertiary/aromatic N) is 3. The van der Waals surface area contributed by atoms with Crippen LogP contribution < -0.4 is 5.73 Å². The van der Waals surface area contributed by atoms with Crippen molar-refractivity contribution >= 4 is 11.7 Å². The molecule has 0 unspecified atom stereocenters. The lowest BCUT2D eigenvalue weighted by Gasteiger charge is -2.25. The molecule has 5 nitrogen and oxygen atoms in total. The first kappa shape index (κ1) is 19.5. The third kappa shape index (κ3) is 4.36. The van der Waals surface area contributed by atoms with Gasteiger partial charge in [-0.15, -0.1) is 0 Å². The number of aryl methyl sites for hydroxylation is 2. The number of amides is 1. The Hall–Kier alpha value is -3.21. The van der Waals surface area contributed by atoms with Crippen LogP contribution >= 0.6 is 0 Å². The van der Waals surface area contributed by atoms with Crippen molar-refractivity contribution in [1.82, 2.24) is 14.9 Å². The van der Waals surface area contributed by atoms with Crippen LogP contribution in [0.2, 0.25) is 0 Å². The van der Waals surface area contributed by atoms with Crippen molar-refractivity contribution < 1.29 is 4.79 Å². The zero-order valence-corrected chi connectivity index (χ0v) is 16.8. The molecule has 0 radical (unpaired) electrons. The summed E-state index contributed by atoms with van der Waals surface area (Å²) in [5.74, 6) is 0.483. The summed E-state index contributed by atoms with van der Waals surface area (Å²) in [6.45, 7) is 5.99. The Kier molecular flexibility index (Phi) is 5.73. The molecule has 5 heteroatoms. The maximum absolute atomic E-state index is 12.9. The zero-order valence-electron chi connectivity index (χ0n) is 16.8. The van der Waals surface area contributed by atoms with Gasteiger partial charge in [0.2, 0.25) is 0 Å². The van der Waals surface area contributed by atoms with Crippen molar-refractivity contribution in [3.8, 4) is 11.1 Å². The van der Waals surface area contributed by atoms with Crippen LogP contribution in [0.3, 0.4) is 0 Å². The third-order valence-corrected chi connectivity index (χ3v) is 4.96. The highest BCUT2D eigenvalue weighted by Crippen LogP contribution is 2.25. The van der Waals surface area contributed by atoms with Gasteiger partial charge in [-0.05, 0) is 68.3 Å². The molecule has 1 atom stereocenters. The minimum absolute atomic E-state index is 0.0123. The van der Waals surface area contributed by atoms with Crippen molar-refractivity contribution in [2.24, 2.45) is 0 Å². The van der Waals surface area contributed by atoms with Crippen LogP contribution in [0.15, 0.2) is 54.7 Å². The van der Waals surface area contributed by atoms with Crippen LogP contribution in [0.4, 0.5) is 5.82 Å². The number of pyridine rings is 2. The second-order valence-electron chi connectivity index (χ2n) is 7.26. The molecule has 3 aromatic rings. The molecule has 2 heterocycles. The Morgan fingerprint density at radius 3 is 2.46 bits per heavy atom. The molecule has 1 aromatic carbocycles. The number of carbonyl (C=O) groups excluding carboxylic acids is 1. The lowest BCUT2D eigenvalue weighted by molar-refractivity contribution is 0.0743. The van der Waals surface area contributed by atoms with Gasteiger partial charge in [0, 0.05) is 48.2 Å². The van der Waals surface area contributed by atoms with E-state index in [1.807, 2.05) is 76.5 Å². The molecule has 0 spiro atoms. The van der Waals surface area contributed by atoms with E-state index >= 15 is 0 Å². The Balaban J connectivity index is 1.73. The van der Waals surface area contributed by atoms with Crippen molar-refractivity contribution in [3.63, 3.8) is 0 Å². The fourth-order valence-corrected chi connectivity index (χ4v) is 3.17. The van der Waals surface area contributed by atoms with Crippen LogP contribution in [0, 0.1) is 13.8 Å². The Labute approximate surface area is 166 Å². The van der Waals surface area contributed by atoms with Gasteiger partial charge in [0.05, 0.1) is 0 Å². The van der Waals surface area contributed by atoms with E-state index in [2.05, 4.69) is 16.0 Å². The second kappa shape index (κ2) is 8.21. The summed E-state index contributed by atoms with van der Waals surface area (Å²) in [7, 11) is 1.83. The average Bonchev–Trinajstić information content (AvgIpc) is 2.67. The van der Waals surface area contributed by atoms with Crippen LogP contribution in [-0.4, -0.2) is 33.9 Å². The van der Waals surface area contributed by atoms with Gasteiger partial charge in [-0.2, -0.15) is 0 Å². The van der Waals surface area contributed by atoms with Crippen molar-refractivity contribution in [3.05, 3.63) is 77.2 Å². The van der Waals surface area contributed by atoms with Crippen molar-refractivity contribution in [2.45, 2.75) is 33.2 Å². The predicted molar refractivity (Wildman–Crippen MR) is 113 cm³/mol. The molecule has 1 amide bonds. The Morgan fingerprint density at radius 2 is 1.82 bits per heavy atom. The molecule has 144 valence electrons.